The van der Waals surface area contributed by atoms with Gasteiger partial charge in [0.2, 0.25) is 0 Å². The van der Waals surface area contributed by atoms with E-state index in [2.05, 4.69) is 20.6 Å². The molecule has 0 aliphatic carbocycles. The van der Waals surface area contributed by atoms with Crippen molar-refractivity contribution in [2.75, 3.05) is 19.6 Å². The lowest BCUT2D eigenvalue weighted by molar-refractivity contribution is 0.471. The van der Waals surface area contributed by atoms with Crippen LogP contribution in [-0.4, -0.2) is 35.6 Å². The van der Waals surface area contributed by atoms with Crippen LogP contribution in [0.1, 0.15) is 25.0 Å². The average Bonchev–Trinajstić information content (AvgIpc) is 2.62. The van der Waals surface area contributed by atoms with Crippen LogP contribution in [0.3, 0.4) is 0 Å². The predicted octanol–water partition coefficient (Wildman–Crippen LogP) is 0.684. The first-order valence-corrected chi connectivity index (χ1v) is 5.86. The van der Waals surface area contributed by atoms with Crippen molar-refractivity contribution in [1.82, 2.24) is 20.6 Å². The molecular formula is C11H20N4. The Balaban J connectivity index is 1.64. The third-order valence-corrected chi connectivity index (χ3v) is 2.96. The lowest BCUT2D eigenvalue weighted by Gasteiger charge is -2.15. The number of nitrogens with zero attached hydrogens (tertiary/aromatic N) is 1. The van der Waals surface area contributed by atoms with E-state index in [1.165, 1.54) is 31.5 Å². The molecule has 84 valence electrons. The molecule has 1 saturated heterocycles. The summed E-state index contributed by atoms with van der Waals surface area (Å²) in [5.74, 6) is 0. The van der Waals surface area contributed by atoms with E-state index < -0.39 is 0 Å². The zero-order chi connectivity index (χ0) is 10.3. The van der Waals surface area contributed by atoms with Crippen LogP contribution in [0.4, 0.5) is 0 Å². The van der Waals surface area contributed by atoms with Gasteiger partial charge in [-0.15, -0.1) is 0 Å². The maximum Gasteiger partial charge on any atom is 0.0921 e. The van der Waals surface area contributed by atoms with Crippen molar-refractivity contribution in [3.05, 3.63) is 18.2 Å². The highest BCUT2D eigenvalue weighted by molar-refractivity contribution is 4.94. The average molecular weight is 208 g/mol. The second-order valence-corrected chi connectivity index (χ2v) is 4.16. The Hall–Kier alpha value is -0.870. The second kappa shape index (κ2) is 5.88. The van der Waals surface area contributed by atoms with Gasteiger partial charge in [0.15, 0.2) is 0 Å². The van der Waals surface area contributed by atoms with E-state index in [-0.39, 0.29) is 0 Å². The quantitative estimate of drug-likeness (QED) is 0.682. The molecule has 0 radical (unpaired) electrons. The van der Waals surface area contributed by atoms with E-state index in [1.807, 2.05) is 6.20 Å². The Labute approximate surface area is 90.9 Å². The minimum Gasteiger partial charge on any atom is -0.348 e. The van der Waals surface area contributed by atoms with Crippen molar-refractivity contribution < 1.29 is 0 Å². The largest absolute Gasteiger partial charge is 0.348 e. The van der Waals surface area contributed by atoms with Crippen molar-refractivity contribution in [3.8, 4) is 0 Å². The summed E-state index contributed by atoms with van der Waals surface area (Å²) in [6.45, 7) is 3.38. The molecule has 0 spiro atoms. The lowest BCUT2D eigenvalue weighted by atomic mass is 10.1. The predicted molar refractivity (Wildman–Crippen MR) is 60.8 cm³/mol. The van der Waals surface area contributed by atoms with Gasteiger partial charge in [0.25, 0.3) is 0 Å². The minimum absolute atomic E-state index is 0.697. The van der Waals surface area contributed by atoms with Crippen LogP contribution < -0.4 is 10.6 Å². The van der Waals surface area contributed by atoms with Gasteiger partial charge in [-0.1, -0.05) is 0 Å². The zero-order valence-corrected chi connectivity index (χ0v) is 9.13. The fourth-order valence-electron chi connectivity index (χ4n) is 2.06. The molecule has 1 aliphatic rings. The summed E-state index contributed by atoms with van der Waals surface area (Å²) in [4.78, 5) is 7.13. The van der Waals surface area contributed by atoms with Crippen molar-refractivity contribution in [3.63, 3.8) is 0 Å². The van der Waals surface area contributed by atoms with E-state index in [1.54, 1.807) is 6.33 Å². The highest BCUT2D eigenvalue weighted by Gasteiger charge is 2.10. The van der Waals surface area contributed by atoms with Gasteiger partial charge in [0, 0.05) is 30.9 Å². The molecule has 1 aromatic heterocycles. The van der Waals surface area contributed by atoms with Crippen LogP contribution in [-0.2, 0) is 6.42 Å². The molecular weight excluding hydrogens is 188 g/mol. The van der Waals surface area contributed by atoms with Crippen LogP contribution in [0, 0.1) is 0 Å². The van der Waals surface area contributed by atoms with E-state index in [0.717, 1.165) is 19.5 Å². The minimum atomic E-state index is 0.697. The van der Waals surface area contributed by atoms with E-state index in [4.69, 9.17) is 0 Å². The first-order chi connectivity index (χ1) is 7.45. The molecule has 0 aromatic carbocycles. The van der Waals surface area contributed by atoms with Gasteiger partial charge in [-0.05, 0) is 32.4 Å². The summed E-state index contributed by atoms with van der Waals surface area (Å²) in [5.41, 5.74) is 1.22. The van der Waals surface area contributed by atoms with Gasteiger partial charge in [-0.3, -0.25) is 0 Å². The summed E-state index contributed by atoms with van der Waals surface area (Å²) in [5, 5.41) is 7.04. The fourth-order valence-corrected chi connectivity index (χ4v) is 2.06. The van der Waals surface area contributed by atoms with Crippen molar-refractivity contribution in [1.29, 1.82) is 0 Å². The molecule has 4 nitrogen and oxygen atoms in total. The number of nitrogens with one attached hydrogen (secondary N) is 3. The molecule has 0 saturated carbocycles. The molecule has 0 bridgehead atoms. The van der Waals surface area contributed by atoms with Gasteiger partial charge >= 0.3 is 0 Å². The molecule has 2 heterocycles. The van der Waals surface area contributed by atoms with Crippen molar-refractivity contribution in [2.45, 2.75) is 31.7 Å². The summed E-state index contributed by atoms with van der Waals surface area (Å²) < 4.78 is 0. The molecule has 1 aromatic rings. The van der Waals surface area contributed by atoms with Crippen molar-refractivity contribution >= 4 is 0 Å². The Morgan fingerprint density at radius 3 is 3.27 bits per heavy atom. The first kappa shape index (κ1) is 10.6. The van der Waals surface area contributed by atoms with E-state index in [9.17, 15) is 0 Å². The third-order valence-electron chi connectivity index (χ3n) is 2.96. The van der Waals surface area contributed by atoms with Gasteiger partial charge in [-0.25, -0.2) is 4.98 Å². The SMILES string of the molecule is c1ncc(CCNC2CCCNCC2)[nH]1. The number of aromatic nitrogens is 2. The van der Waals surface area contributed by atoms with Gasteiger partial charge in [0.1, 0.15) is 0 Å². The van der Waals surface area contributed by atoms with E-state index in [0.29, 0.717) is 6.04 Å². The first-order valence-electron chi connectivity index (χ1n) is 5.86. The maximum absolute atomic E-state index is 4.01. The molecule has 1 atom stereocenters. The standard InChI is InChI=1S/C11H20N4/c1-2-10(3-6-12-5-1)14-7-4-11-8-13-9-15-11/h8-10,12,14H,1-7H2,(H,13,15). The normalized spacial score (nSPS) is 22.5. The Kier molecular flexibility index (Phi) is 4.17. The van der Waals surface area contributed by atoms with Gasteiger partial charge in [0.05, 0.1) is 6.33 Å². The number of hydrogen-bond donors (Lipinski definition) is 3. The highest BCUT2D eigenvalue weighted by Crippen LogP contribution is 2.04. The molecule has 4 heteroatoms. The molecule has 2 rings (SSSR count). The Morgan fingerprint density at radius 1 is 1.40 bits per heavy atom. The lowest BCUT2D eigenvalue weighted by Crippen LogP contribution is -2.31. The smallest absolute Gasteiger partial charge is 0.0921 e. The summed E-state index contributed by atoms with van der Waals surface area (Å²) >= 11 is 0. The number of hydrogen-bond acceptors (Lipinski definition) is 3. The molecule has 1 fully saturated rings. The summed E-state index contributed by atoms with van der Waals surface area (Å²) in [7, 11) is 0. The molecule has 1 aliphatic heterocycles. The molecule has 0 amide bonds. The van der Waals surface area contributed by atoms with Crippen LogP contribution in [0.15, 0.2) is 12.5 Å². The fraction of sp³-hybridized carbons (Fsp3) is 0.727. The van der Waals surface area contributed by atoms with Crippen LogP contribution >= 0.6 is 0 Å². The molecule has 3 N–H and O–H groups in total. The third kappa shape index (κ3) is 3.64. The van der Waals surface area contributed by atoms with Crippen LogP contribution in [0.2, 0.25) is 0 Å². The Morgan fingerprint density at radius 2 is 2.40 bits per heavy atom. The van der Waals surface area contributed by atoms with E-state index >= 15 is 0 Å². The number of imidazole rings is 1. The second-order valence-electron chi connectivity index (χ2n) is 4.16. The summed E-state index contributed by atoms with van der Waals surface area (Å²) in [6, 6.07) is 0.697. The zero-order valence-electron chi connectivity index (χ0n) is 9.13. The Bertz CT molecular complexity index is 250. The van der Waals surface area contributed by atoms with Gasteiger partial charge < -0.3 is 15.6 Å². The monoisotopic (exact) mass is 208 g/mol. The van der Waals surface area contributed by atoms with Crippen LogP contribution in [0.5, 0.6) is 0 Å². The summed E-state index contributed by atoms with van der Waals surface area (Å²) in [6.07, 6.45) is 8.53. The molecule has 15 heavy (non-hydrogen) atoms. The number of aromatic amines is 1. The number of H-pyrrole nitrogens is 1. The van der Waals surface area contributed by atoms with Crippen LogP contribution in [0.25, 0.3) is 0 Å². The maximum atomic E-state index is 4.01. The molecule has 1 unspecified atom stereocenters. The van der Waals surface area contributed by atoms with Crippen molar-refractivity contribution in [2.24, 2.45) is 0 Å². The topological polar surface area (TPSA) is 52.7 Å². The highest BCUT2D eigenvalue weighted by atomic mass is 14.9. The van der Waals surface area contributed by atoms with Gasteiger partial charge in [-0.2, -0.15) is 0 Å². The number of rotatable bonds is 4.